The van der Waals surface area contributed by atoms with Crippen LogP contribution in [0.2, 0.25) is 0 Å². The molecule has 0 aromatic heterocycles. The fourth-order valence-electron chi connectivity index (χ4n) is 4.07. The van der Waals surface area contributed by atoms with Gasteiger partial charge in [0.2, 0.25) is 11.8 Å². The van der Waals surface area contributed by atoms with Gasteiger partial charge in [-0.1, -0.05) is 79.7 Å². The number of hydrogen-bond acceptors (Lipinski definition) is 3. The summed E-state index contributed by atoms with van der Waals surface area (Å²) in [5, 5.41) is 3.03. The zero-order valence-electron chi connectivity index (χ0n) is 21.1. The van der Waals surface area contributed by atoms with Crippen molar-refractivity contribution in [1.29, 1.82) is 0 Å². The van der Waals surface area contributed by atoms with Gasteiger partial charge in [0.15, 0.2) is 0 Å². The Balaban J connectivity index is 1.90. The Kier molecular flexibility index (Phi) is 9.47. The van der Waals surface area contributed by atoms with Crippen molar-refractivity contribution in [1.82, 2.24) is 10.2 Å². The Hall–Kier alpha value is -3.60. The van der Waals surface area contributed by atoms with E-state index in [4.69, 9.17) is 4.74 Å². The standard InChI is InChI=1S/C30H36N2O3/c1-5-22(2)31-30(34)23(3)32(21-24-16-18-27(35-4)19-17-24)29(33)20-28(25-12-8-6-9-13-25)26-14-10-7-11-15-26/h6-19,22-23,28H,5,20-21H2,1-4H3,(H,31,34)/t22-,23-/m0/s1. The summed E-state index contributed by atoms with van der Waals surface area (Å²) in [5.74, 6) is 0.443. The van der Waals surface area contributed by atoms with Gasteiger partial charge in [0.1, 0.15) is 11.8 Å². The van der Waals surface area contributed by atoms with Crippen molar-refractivity contribution < 1.29 is 14.3 Å². The van der Waals surface area contributed by atoms with E-state index >= 15 is 0 Å². The number of benzene rings is 3. The van der Waals surface area contributed by atoms with Gasteiger partial charge in [0.05, 0.1) is 7.11 Å². The first-order chi connectivity index (χ1) is 16.9. The smallest absolute Gasteiger partial charge is 0.242 e. The molecule has 184 valence electrons. The molecule has 0 aliphatic rings. The molecule has 3 aromatic carbocycles. The zero-order chi connectivity index (χ0) is 25.2. The van der Waals surface area contributed by atoms with Crippen LogP contribution in [-0.2, 0) is 16.1 Å². The molecule has 5 heteroatoms. The highest BCUT2D eigenvalue weighted by Gasteiger charge is 2.29. The van der Waals surface area contributed by atoms with Crippen LogP contribution in [0.5, 0.6) is 5.75 Å². The van der Waals surface area contributed by atoms with Crippen molar-refractivity contribution >= 4 is 11.8 Å². The number of carbonyl (C=O) groups excluding carboxylic acids is 2. The van der Waals surface area contributed by atoms with Gasteiger partial charge < -0.3 is 15.0 Å². The SMILES string of the molecule is CC[C@H](C)NC(=O)[C@H](C)N(Cc1ccc(OC)cc1)C(=O)CC(c1ccccc1)c1ccccc1. The second-order valence-corrected chi connectivity index (χ2v) is 8.94. The maximum atomic E-state index is 13.9. The van der Waals surface area contributed by atoms with Crippen LogP contribution >= 0.6 is 0 Å². The van der Waals surface area contributed by atoms with Gasteiger partial charge in [-0.25, -0.2) is 0 Å². The minimum atomic E-state index is -0.606. The summed E-state index contributed by atoms with van der Waals surface area (Å²) in [6.45, 7) is 6.15. The number of nitrogens with one attached hydrogen (secondary N) is 1. The Labute approximate surface area is 209 Å². The first kappa shape index (κ1) is 26.0. The van der Waals surface area contributed by atoms with Crippen LogP contribution in [0, 0.1) is 0 Å². The van der Waals surface area contributed by atoms with E-state index in [9.17, 15) is 9.59 Å². The van der Waals surface area contributed by atoms with E-state index in [1.807, 2.05) is 74.5 Å². The lowest BCUT2D eigenvalue weighted by molar-refractivity contribution is -0.141. The minimum absolute atomic E-state index is 0.0456. The summed E-state index contributed by atoms with van der Waals surface area (Å²) in [4.78, 5) is 28.6. The normalized spacial score (nSPS) is 12.6. The summed E-state index contributed by atoms with van der Waals surface area (Å²) < 4.78 is 5.27. The molecule has 0 radical (unpaired) electrons. The molecule has 0 aliphatic heterocycles. The van der Waals surface area contributed by atoms with E-state index in [0.29, 0.717) is 6.54 Å². The molecule has 0 heterocycles. The maximum absolute atomic E-state index is 13.9. The molecule has 1 N–H and O–H groups in total. The van der Waals surface area contributed by atoms with E-state index in [1.165, 1.54) is 0 Å². The highest BCUT2D eigenvalue weighted by molar-refractivity contribution is 5.88. The first-order valence-electron chi connectivity index (χ1n) is 12.3. The number of nitrogens with zero attached hydrogens (tertiary/aromatic N) is 1. The molecule has 0 saturated carbocycles. The molecular weight excluding hydrogens is 436 g/mol. The van der Waals surface area contributed by atoms with Gasteiger partial charge in [-0.3, -0.25) is 9.59 Å². The van der Waals surface area contributed by atoms with Crippen molar-refractivity contribution in [2.24, 2.45) is 0 Å². The quantitative estimate of drug-likeness (QED) is 0.398. The fourth-order valence-corrected chi connectivity index (χ4v) is 4.07. The molecular formula is C30H36N2O3. The Morgan fingerprint density at radius 2 is 1.40 bits per heavy atom. The number of hydrogen-bond donors (Lipinski definition) is 1. The summed E-state index contributed by atoms with van der Waals surface area (Å²) >= 11 is 0. The lowest BCUT2D eigenvalue weighted by Gasteiger charge is -2.31. The highest BCUT2D eigenvalue weighted by atomic mass is 16.5. The summed E-state index contributed by atoms with van der Waals surface area (Å²) in [5.41, 5.74) is 3.10. The highest BCUT2D eigenvalue weighted by Crippen LogP contribution is 2.29. The molecule has 0 spiro atoms. The summed E-state index contributed by atoms with van der Waals surface area (Å²) in [6, 6.07) is 27.2. The first-order valence-corrected chi connectivity index (χ1v) is 12.3. The molecule has 2 amide bonds. The van der Waals surface area contributed by atoms with E-state index in [1.54, 1.807) is 18.9 Å². The van der Waals surface area contributed by atoms with Gasteiger partial charge in [0, 0.05) is 24.9 Å². The Morgan fingerprint density at radius 1 is 0.857 bits per heavy atom. The summed E-state index contributed by atoms with van der Waals surface area (Å²) in [6.07, 6.45) is 1.10. The molecule has 0 bridgehead atoms. The second kappa shape index (κ2) is 12.7. The maximum Gasteiger partial charge on any atom is 0.242 e. The Morgan fingerprint density at radius 3 is 1.89 bits per heavy atom. The van der Waals surface area contributed by atoms with Crippen molar-refractivity contribution in [2.45, 2.75) is 58.2 Å². The van der Waals surface area contributed by atoms with Crippen LogP contribution in [-0.4, -0.2) is 35.9 Å². The average Bonchev–Trinajstić information content (AvgIpc) is 2.91. The predicted molar refractivity (Wildman–Crippen MR) is 140 cm³/mol. The minimum Gasteiger partial charge on any atom is -0.497 e. The number of ether oxygens (including phenoxy) is 1. The van der Waals surface area contributed by atoms with Crippen LogP contribution in [0.4, 0.5) is 0 Å². The van der Waals surface area contributed by atoms with Gasteiger partial charge in [0.25, 0.3) is 0 Å². The van der Waals surface area contributed by atoms with Crippen molar-refractivity contribution in [3.05, 3.63) is 102 Å². The van der Waals surface area contributed by atoms with Crippen LogP contribution in [0.15, 0.2) is 84.9 Å². The van der Waals surface area contributed by atoms with Gasteiger partial charge in [-0.15, -0.1) is 0 Å². The number of amides is 2. The van der Waals surface area contributed by atoms with E-state index < -0.39 is 6.04 Å². The Bertz CT molecular complexity index is 1030. The van der Waals surface area contributed by atoms with Crippen LogP contribution in [0.1, 0.15) is 56.2 Å². The summed E-state index contributed by atoms with van der Waals surface area (Å²) in [7, 11) is 1.62. The van der Waals surface area contributed by atoms with Crippen LogP contribution < -0.4 is 10.1 Å². The van der Waals surface area contributed by atoms with Crippen molar-refractivity contribution in [3.8, 4) is 5.75 Å². The number of methoxy groups -OCH3 is 1. The van der Waals surface area contributed by atoms with Gasteiger partial charge >= 0.3 is 0 Å². The predicted octanol–water partition coefficient (Wildman–Crippen LogP) is 5.55. The molecule has 0 aliphatic carbocycles. The number of rotatable bonds is 11. The van der Waals surface area contributed by atoms with Gasteiger partial charge in [-0.2, -0.15) is 0 Å². The lowest BCUT2D eigenvalue weighted by atomic mass is 9.88. The third-order valence-corrected chi connectivity index (χ3v) is 6.46. The van der Waals surface area contributed by atoms with E-state index in [2.05, 4.69) is 29.6 Å². The van der Waals surface area contributed by atoms with Crippen molar-refractivity contribution in [2.75, 3.05) is 7.11 Å². The van der Waals surface area contributed by atoms with E-state index in [-0.39, 0.29) is 30.2 Å². The molecule has 0 saturated heterocycles. The fraction of sp³-hybridized carbons (Fsp3) is 0.333. The largest absolute Gasteiger partial charge is 0.497 e. The van der Waals surface area contributed by atoms with Gasteiger partial charge in [-0.05, 0) is 49.1 Å². The van der Waals surface area contributed by atoms with Crippen LogP contribution in [0.25, 0.3) is 0 Å². The molecule has 3 aromatic rings. The van der Waals surface area contributed by atoms with E-state index in [0.717, 1.165) is 28.9 Å². The molecule has 0 unspecified atom stereocenters. The molecule has 5 nitrogen and oxygen atoms in total. The molecule has 2 atom stereocenters. The third kappa shape index (κ3) is 7.19. The average molecular weight is 473 g/mol. The lowest BCUT2D eigenvalue weighted by Crippen LogP contribution is -2.49. The van der Waals surface area contributed by atoms with Crippen LogP contribution in [0.3, 0.4) is 0 Å². The topological polar surface area (TPSA) is 58.6 Å². The molecule has 35 heavy (non-hydrogen) atoms. The van der Waals surface area contributed by atoms with Crippen molar-refractivity contribution in [3.63, 3.8) is 0 Å². The zero-order valence-corrected chi connectivity index (χ0v) is 21.1. The molecule has 3 rings (SSSR count). The second-order valence-electron chi connectivity index (χ2n) is 8.94. The monoisotopic (exact) mass is 472 g/mol. The number of carbonyl (C=O) groups is 2. The third-order valence-electron chi connectivity index (χ3n) is 6.46. The molecule has 0 fully saturated rings.